The molecule has 0 saturated carbocycles. The molecule has 1 fully saturated rings. The largest absolute Gasteiger partial charge is 0.385 e. The van der Waals surface area contributed by atoms with Gasteiger partial charge in [-0.05, 0) is 23.8 Å². The molecule has 5 heteroatoms. The van der Waals surface area contributed by atoms with Crippen molar-refractivity contribution in [2.75, 3.05) is 18.1 Å². The predicted molar refractivity (Wildman–Crippen MR) is 61.8 cm³/mol. The second-order valence-corrected chi connectivity index (χ2v) is 4.87. The zero-order chi connectivity index (χ0) is 10.8. The molecule has 0 aromatic heterocycles. The normalized spacial score (nSPS) is 30.5. The Morgan fingerprint density at radius 3 is 3.13 bits per heavy atom. The maximum atomic E-state index is 11.5. The summed E-state index contributed by atoms with van der Waals surface area (Å²) in [6.07, 6.45) is 6.32. The number of nitrogens with zero attached hydrogens (tertiary/aromatic N) is 2. The number of carbonyl (C=O) groups is 1. The fourth-order valence-corrected chi connectivity index (χ4v) is 3.37. The molecule has 2 rings (SSSR count). The highest BCUT2D eigenvalue weighted by Crippen LogP contribution is 2.31. The van der Waals surface area contributed by atoms with Gasteiger partial charge in [0.1, 0.15) is 5.84 Å². The van der Waals surface area contributed by atoms with Crippen LogP contribution in [0.4, 0.5) is 4.79 Å². The third-order valence-electron chi connectivity index (χ3n) is 2.78. The molecule has 1 saturated heterocycles. The second kappa shape index (κ2) is 4.15. The van der Waals surface area contributed by atoms with Gasteiger partial charge in [-0.25, -0.2) is 4.79 Å². The summed E-state index contributed by atoms with van der Waals surface area (Å²) in [4.78, 5) is 16.9. The highest BCUT2D eigenvalue weighted by molar-refractivity contribution is 7.99. The van der Waals surface area contributed by atoms with E-state index >= 15 is 0 Å². The van der Waals surface area contributed by atoms with Crippen LogP contribution in [0.1, 0.15) is 6.42 Å². The molecule has 0 radical (unpaired) electrons. The number of rotatable bonds is 2. The third-order valence-corrected chi connectivity index (χ3v) is 3.97. The molecule has 2 aliphatic rings. The molecule has 2 N–H and O–H groups in total. The van der Waals surface area contributed by atoms with Crippen molar-refractivity contribution in [2.24, 2.45) is 16.6 Å². The van der Waals surface area contributed by atoms with Gasteiger partial charge in [0, 0.05) is 0 Å². The number of amidine groups is 1. The van der Waals surface area contributed by atoms with Crippen LogP contribution in [0.2, 0.25) is 0 Å². The Balaban J connectivity index is 2.16. The van der Waals surface area contributed by atoms with Gasteiger partial charge in [-0.15, -0.1) is 6.42 Å². The standard InChI is InChI=1S/C10H13N3OS/c1-2-4-13-8(7-3-5-15-6-7)9(11)12-10(13)14/h1,7-8H,3-6H2,(H2,11,12,14). The van der Waals surface area contributed by atoms with Crippen molar-refractivity contribution in [1.29, 1.82) is 0 Å². The van der Waals surface area contributed by atoms with Crippen molar-refractivity contribution < 1.29 is 4.79 Å². The molecular weight excluding hydrogens is 210 g/mol. The van der Waals surface area contributed by atoms with E-state index in [1.807, 2.05) is 11.8 Å². The highest BCUT2D eigenvalue weighted by Gasteiger charge is 2.39. The summed E-state index contributed by atoms with van der Waals surface area (Å²) in [6, 6.07) is -0.351. The second-order valence-electron chi connectivity index (χ2n) is 3.72. The highest BCUT2D eigenvalue weighted by atomic mass is 32.2. The molecule has 80 valence electrons. The summed E-state index contributed by atoms with van der Waals surface area (Å²) in [5, 5.41) is 0. The number of nitrogens with two attached hydrogens (primary N) is 1. The van der Waals surface area contributed by atoms with E-state index in [-0.39, 0.29) is 12.1 Å². The van der Waals surface area contributed by atoms with Crippen molar-refractivity contribution in [3.8, 4) is 12.3 Å². The molecule has 4 nitrogen and oxygen atoms in total. The number of thioether (sulfide) groups is 1. The first kappa shape index (κ1) is 10.4. The van der Waals surface area contributed by atoms with Crippen LogP contribution in [0.15, 0.2) is 4.99 Å². The van der Waals surface area contributed by atoms with Crippen molar-refractivity contribution in [1.82, 2.24) is 4.90 Å². The number of aliphatic imine (C=N–C) groups is 1. The first-order chi connectivity index (χ1) is 7.24. The fourth-order valence-electron chi connectivity index (χ4n) is 2.08. The van der Waals surface area contributed by atoms with E-state index in [9.17, 15) is 4.79 Å². The molecule has 2 atom stereocenters. The van der Waals surface area contributed by atoms with Crippen LogP contribution in [-0.2, 0) is 0 Å². The number of terminal acetylenes is 1. The minimum Gasteiger partial charge on any atom is -0.385 e. The molecule has 15 heavy (non-hydrogen) atoms. The van der Waals surface area contributed by atoms with Gasteiger partial charge in [0.25, 0.3) is 0 Å². The lowest BCUT2D eigenvalue weighted by Gasteiger charge is -2.26. The van der Waals surface area contributed by atoms with E-state index in [4.69, 9.17) is 12.2 Å². The topological polar surface area (TPSA) is 58.7 Å². The minimum absolute atomic E-state index is 0.0662. The van der Waals surface area contributed by atoms with Crippen LogP contribution in [0.25, 0.3) is 0 Å². The molecular formula is C10H13N3OS. The first-order valence-electron chi connectivity index (χ1n) is 4.90. The summed E-state index contributed by atoms with van der Waals surface area (Å²) in [6.45, 7) is 0.300. The zero-order valence-corrected chi connectivity index (χ0v) is 9.17. The monoisotopic (exact) mass is 223 g/mol. The van der Waals surface area contributed by atoms with Gasteiger partial charge in [-0.2, -0.15) is 16.8 Å². The summed E-state index contributed by atoms with van der Waals surface area (Å²) in [5.41, 5.74) is 5.78. The molecule has 0 aromatic rings. The maximum absolute atomic E-state index is 11.5. The number of carbonyl (C=O) groups excluding carboxylic acids is 1. The molecule has 0 aliphatic carbocycles. The predicted octanol–water partition coefficient (Wildman–Crippen LogP) is 0.534. The Bertz CT molecular complexity index is 341. The van der Waals surface area contributed by atoms with E-state index in [2.05, 4.69) is 10.9 Å². The third kappa shape index (κ3) is 1.82. The zero-order valence-electron chi connectivity index (χ0n) is 8.35. The van der Waals surface area contributed by atoms with Gasteiger partial charge in [0.2, 0.25) is 0 Å². The molecule has 0 bridgehead atoms. The molecule has 2 amide bonds. The lowest BCUT2D eigenvalue weighted by Crippen LogP contribution is -2.45. The van der Waals surface area contributed by atoms with Crippen LogP contribution >= 0.6 is 11.8 Å². The Kier molecular flexibility index (Phi) is 2.87. The van der Waals surface area contributed by atoms with E-state index in [0.29, 0.717) is 18.3 Å². The van der Waals surface area contributed by atoms with Crippen LogP contribution in [0.5, 0.6) is 0 Å². The van der Waals surface area contributed by atoms with E-state index < -0.39 is 0 Å². The van der Waals surface area contributed by atoms with Gasteiger partial charge in [-0.1, -0.05) is 5.92 Å². The summed E-state index contributed by atoms with van der Waals surface area (Å²) in [5.74, 6) is 5.50. The van der Waals surface area contributed by atoms with Gasteiger partial charge >= 0.3 is 6.03 Å². The van der Waals surface area contributed by atoms with Crippen molar-refractivity contribution in [3.63, 3.8) is 0 Å². The first-order valence-corrected chi connectivity index (χ1v) is 6.05. The summed E-state index contributed by atoms with van der Waals surface area (Å²) >= 11 is 1.89. The Labute approximate surface area is 93.3 Å². The quantitative estimate of drug-likeness (QED) is 0.695. The van der Waals surface area contributed by atoms with Gasteiger partial charge in [-0.3, -0.25) is 0 Å². The Hall–Kier alpha value is -1.15. The molecule has 0 spiro atoms. The Morgan fingerprint density at radius 1 is 1.73 bits per heavy atom. The van der Waals surface area contributed by atoms with Gasteiger partial charge in [0.15, 0.2) is 0 Å². The van der Waals surface area contributed by atoms with Crippen LogP contribution < -0.4 is 5.73 Å². The Morgan fingerprint density at radius 2 is 2.53 bits per heavy atom. The molecule has 2 unspecified atom stereocenters. The van der Waals surface area contributed by atoms with Crippen LogP contribution in [0, 0.1) is 18.3 Å². The minimum atomic E-state index is -0.285. The van der Waals surface area contributed by atoms with E-state index in [0.717, 1.165) is 17.9 Å². The smallest absolute Gasteiger partial charge is 0.346 e. The van der Waals surface area contributed by atoms with Crippen molar-refractivity contribution >= 4 is 23.6 Å². The lowest BCUT2D eigenvalue weighted by atomic mass is 9.97. The van der Waals surface area contributed by atoms with Crippen molar-refractivity contribution in [3.05, 3.63) is 0 Å². The number of hydrogen-bond donors (Lipinski definition) is 1. The average molecular weight is 223 g/mol. The van der Waals surface area contributed by atoms with E-state index in [1.165, 1.54) is 0 Å². The summed E-state index contributed by atoms with van der Waals surface area (Å²) < 4.78 is 0. The lowest BCUT2D eigenvalue weighted by molar-refractivity contribution is 0.202. The number of urea groups is 1. The number of hydrogen-bond acceptors (Lipinski definition) is 3. The van der Waals surface area contributed by atoms with Crippen molar-refractivity contribution in [2.45, 2.75) is 12.5 Å². The molecule has 2 aliphatic heterocycles. The van der Waals surface area contributed by atoms with Gasteiger partial charge in [0.05, 0.1) is 12.6 Å². The number of amides is 2. The SMILES string of the molecule is C#CCN1C(=O)N=C(N)C1C1CCSC1. The summed E-state index contributed by atoms with van der Waals surface area (Å²) in [7, 11) is 0. The fraction of sp³-hybridized carbons (Fsp3) is 0.600. The van der Waals surface area contributed by atoms with Crippen LogP contribution in [-0.4, -0.2) is 40.9 Å². The van der Waals surface area contributed by atoms with Gasteiger partial charge < -0.3 is 10.6 Å². The maximum Gasteiger partial charge on any atom is 0.346 e. The van der Waals surface area contributed by atoms with E-state index in [1.54, 1.807) is 4.90 Å². The van der Waals surface area contributed by atoms with Crippen LogP contribution in [0.3, 0.4) is 0 Å². The average Bonchev–Trinajstić information content (AvgIpc) is 2.77. The molecule has 2 heterocycles. The molecule has 0 aromatic carbocycles.